The van der Waals surface area contributed by atoms with Crippen LogP contribution in [-0.4, -0.2) is 0 Å². The highest BCUT2D eigenvalue weighted by Crippen LogP contribution is 2.41. The minimum atomic E-state index is 1.34. The maximum Gasteiger partial charge on any atom is 0.0421 e. The van der Waals surface area contributed by atoms with E-state index in [9.17, 15) is 0 Å². The molecule has 0 bridgehead atoms. The lowest BCUT2D eigenvalue weighted by Crippen LogP contribution is -1.85. The fourth-order valence-corrected chi connectivity index (χ4v) is 5.16. The first-order valence-corrected chi connectivity index (χ1v) is 9.42. The largest absolute Gasteiger partial charge is 0.143 e. The zero-order chi connectivity index (χ0) is 16.4. The van der Waals surface area contributed by atoms with Crippen molar-refractivity contribution in [3.05, 3.63) is 84.2 Å². The fraction of sp³-hybridized carbons (Fsp3) is 0. The topological polar surface area (TPSA) is 0 Å². The molecule has 25 heavy (non-hydrogen) atoms. The van der Waals surface area contributed by atoms with Gasteiger partial charge in [-0.1, -0.05) is 72.8 Å². The van der Waals surface area contributed by atoms with Crippen LogP contribution in [0.15, 0.2) is 84.2 Å². The molecular formula is C24H14S. The summed E-state index contributed by atoms with van der Waals surface area (Å²) in [4.78, 5) is 0. The van der Waals surface area contributed by atoms with Gasteiger partial charge in [-0.05, 0) is 54.5 Å². The molecule has 0 fully saturated rings. The lowest BCUT2D eigenvalue weighted by atomic mass is 9.91. The van der Waals surface area contributed by atoms with Gasteiger partial charge in [-0.2, -0.15) is 0 Å². The van der Waals surface area contributed by atoms with Crippen molar-refractivity contribution in [2.24, 2.45) is 0 Å². The van der Waals surface area contributed by atoms with Gasteiger partial charge in [-0.15, -0.1) is 11.3 Å². The first-order chi connectivity index (χ1) is 12.4. The molecule has 0 saturated heterocycles. The Hall–Kier alpha value is -2.90. The van der Waals surface area contributed by atoms with Gasteiger partial charge < -0.3 is 0 Å². The van der Waals surface area contributed by atoms with E-state index in [0.717, 1.165) is 0 Å². The van der Waals surface area contributed by atoms with Gasteiger partial charge in [0.15, 0.2) is 0 Å². The molecule has 0 saturated carbocycles. The van der Waals surface area contributed by atoms with Crippen molar-refractivity contribution in [2.45, 2.75) is 0 Å². The van der Waals surface area contributed by atoms with Crippen molar-refractivity contribution in [1.29, 1.82) is 0 Å². The molecule has 1 heteroatoms. The smallest absolute Gasteiger partial charge is 0.0421 e. The SMILES string of the molecule is c1ccc2c(c1)c1ccccc1c1c2ccc2c1ccc1ccsc12. The number of benzene rings is 5. The zero-order valence-corrected chi connectivity index (χ0v) is 14.3. The van der Waals surface area contributed by atoms with Gasteiger partial charge >= 0.3 is 0 Å². The Morgan fingerprint density at radius 3 is 1.72 bits per heavy atom. The van der Waals surface area contributed by atoms with Crippen LogP contribution in [0.4, 0.5) is 0 Å². The lowest BCUT2D eigenvalue weighted by molar-refractivity contribution is 1.79. The third-order valence-corrected chi connectivity index (χ3v) is 6.28. The highest BCUT2D eigenvalue weighted by atomic mass is 32.1. The Morgan fingerprint density at radius 1 is 0.440 bits per heavy atom. The summed E-state index contributed by atoms with van der Waals surface area (Å²) < 4.78 is 1.39. The molecule has 0 aliphatic rings. The van der Waals surface area contributed by atoms with Crippen molar-refractivity contribution in [3.8, 4) is 0 Å². The van der Waals surface area contributed by atoms with E-state index in [4.69, 9.17) is 0 Å². The van der Waals surface area contributed by atoms with Crippen LogP contribution in [-0.2, 0) is 0 Å². The molecule has 0 N–H and O–H groups in total. The van der Waals surface area contributed by atoms with Crippen LogP contribution < -0.4 is 0 Å². The Morgan fingerprint density at radius 2 is 0.960 bits per heavy atom. The van der Waals surface area contributed by atoms with Crippen LogP contribution >= 0.6 is 11.3 Å². The summed E-state index contributed by atoms with van der Waals surface area (Å²) in [5.74, 6) is 0. The van der Waals surface area contributed by atoms with E-state index in [-0.39, 0.29) is 0 Å². The molecule has 0 spiro atoms. The molecule has 0 unspecified atom stereocenters. The minimum absolute atomic E-state index is 1.34. The minimum Gasteiger partial charge on any atom is -0.143 e. The summed E-state index contributed by atoms with van der Waals surface area (Å²) >= 11 is 1.83. The first-order valence-electron chi connectivity index (χ1n) is 8.54. The summed E-state index contributed by atoms with van der Waals surface area (Å²) in [7, 11) is 0. The number of rotatable bonds is 0. The molecule has 6 aromatic rings. The molecule has 0 radical (unpaired) electrons. The van der Waals surface area contributed by atoms with Gasteiger partial charge in [0, 0.05) is 10.1 Å². The van der Waals surface area contributed by atoms with Crippen molar-refractivity contribution in [2.75, 3.05) is 0 Å². The molecule has 0 aliphatic heterocycles. The van der Waals surface area contributed by atoms with Gasteiger partial charge in [-0.25, -0.2) is 0 Å². The highest BCUT2D eigenvalue weighted by molar-refractivity contribution is 7.18. The Bertz CT molecular complexity index is 1400. The average molecular weight is 334 g/mol. The summed E-state index contributed by atoms with van der Waals surface area (Å²) in [6, 6.07) is 29.0. The third kappa shape index (κ3) is 1.71. The molecule has 0 nitrogen and oxygen atoms in total. The Labute approximate surface area is 148 Å². The van der Waals surface area contributed by atoms with E-state index >= 15 is 0 Å². The van der Waals surface area contributed by atoms with Gasteiger partial charge in [0.25, 0.3) is 0 Å². The molecule has 1 aromatic heterocycles. The predicted molar refractivity (Wildman–Crippen MR) is 112 cm³/mol. The summed E-state index contributed by atoms with van der Waals surface area (Å²) in [5, 5.41) is 14.3. The summed E-state index contributed by atoms with van der Waals surface area (Å²) in [5.41, 5.74) is 0. The molecule has 1 heterocycles. The van der Waals surface area contributed by atoms with Crippen LogP contribution in [0, 0.1) is 0 Å². The van der Waals surface area contributed by atoms with Crippen molar-refractivity contribution in [3.63, 3.8) is 0 Å². The van der Waals surface area contributed by atoms with E-state index < -0.39 is 0 Å². The Kier molecular flexibility index (Phi) is 2.58. The third-order valence-electron chi connectivity index (χ3n) is 5.32. The van der Waals surface area contributed by atoms with Crippen LogP contribution in [0.3, 0.4) is 0 Å². The maximum atomic E-state index is 2.31. The van der Waals surface area contributed by atoms with E-state index in [1.807, 2.05) is 11.3 Å². The van der Waals surface area contributed by atoms with E-state index in [1.54, 1.807) is 0 Å². The molecular weight excluding hydrogens is 320 g/mol. The zero-order valence-electron chi connectivity index (χ0n) is 13.5. The van der Waals surface area contributed by atoms with E-state index in [2.05, 4.69) is 84.2 Å². The molecule has 0 amide bonds. The van der Waals surface area contributed by atoms with Crippen molar-refractivity contribution in [1.82, 2.24) is 0 Å². The van der Waals surface area contributed by atoms with Crippen LogP contribution in [0.2, 0.25) is 0 Å². The highest BCUT2D eigenvalue weighted by Gasteiger charge is 2.12. The number of hydrogen-bond acceptors (Lipinski definition) is 1. The quantitative estimate of drug-likeness (QED) is 0.252. The van der Waals surface area contributed by atoms with Crippen molar-refractivity contribution >= 4 is 64.5 Å². The van der Waals surface area contributed by atoms with Gasteiger partial charge in [0.1, 0.15) is 0 Å². The van der Waals surface area contributed by atoms with E-state index in [0.29, 0.717) is 0 Å². The van der Waals surface area contributed by atoms with Crippen LogP contribution in [0.25, 0.3) is 53.2 Å². The number of thiophene rings is 1. The molecule has 5 aromatic carbocycles. The van der Waals surface area contributed by atoms with Gasteiger partial charge in [0.05, 0.1) is 0 Å². The first kappa shape index (κ1) is 13.4. The Balaban J connectivity index is 2.02. The number of hydrogen-bond donors (Lipinski definition) is 0. The maximum absolute atomic E-state index is 2.31. The van der Waals surface area contributed by atoms with Crippen LogP contribution in [0.1, 0.15) is 0 Å². The monoisotopic (exact) mass is 334 g/mol. The number of fused-ring (bicyclic) bond motifs is 10. The molecule has 116 valence electrons. The fourth-order valence-electron chi connectivity index (χ4n) is 4.24. The van der Waals surface area contributed by atoms with E-state index in [1.165, 1.54) is 53.2 Å². The van der Waals surface area contributed by atoms with Crippen LogP contribution in [0.5, 0.6) is 0 Å². The lowest BCUT2D eigenvalue weighted by Gasteiger charge is -2.13. The second-order valence-electron chi connectivity index (χ2n) is 6.58. The second kappa shape index (κ2) is 4.81. The van der Waals surface area contributed by atoms with Gasteiger partial charge in [-0.3, -0.25) is 0 Å². The summed E-state index contributed by atoms with van der Waals surface area (Å²) in [6.07, 6.45) is 0. The molecule has 6 rings (SSSR count). The predicted octanol–water partition coefficient (Wildman–Crippen LogP) is 7.51. The molecule has 0 atom stereocenters. The molecule has 0 aliphatic carbocycles. The standard InChI is InChI=1S/C24H14S/c1-2-7-18-16(5-1)17-6-3-4-8-19(17)23-20(18)11-12-22-21(23)10-9-15-13-14-25-24(15)22/h1-14H. The van der Waals surface area contributed by atoms with Gasteiger partial charge in [0.2, 0.25) is 0 Å². The second-order valence-corrected chi connectivity index (χ2v) is 7.50. The van der Waals surface area contributed by atoms with Crippen molar-refractivity contribution < 1.29 is 0 Å². The normalized spacial score (nSPS) is 12.0. The summed E-state index contributed by atoms with van der Waals surface area (Å²) in [6.45, 7) is 0. The average Bonchev–Trinajstić information content (AvgIpc) is 3.17.